The Morgan fingerprint density at radius 2 is 2.00 bits per heavy atom. The van der Waals surface area contributed by atoms with E-state index in [2.05, 4.69) is 0 Å². The van der Waals surface area contributed by atoms with E-state index in [1.54, 1.807) is 6.26 Å². The zero-order valence-corrected chi connectivity index (χ0v) is 9.32. The minimum atomic E-state index is -0.880. The van der Waals surface area contributed by atoms with E-state index in [0.29, 0.717) is 0 Å². The van der Waals surface area contributed by atoms with Crippen molar-refractivity contribution in [3.63, 3.8) is 0 Å². The molecule has 0 saturated carbocycles. The first-order valence-corrected chi connectivity index (χ1v) is 6.66. The summed E-state index contributed by atoms with van der Waals surface area (Å²) in [6.45, 7) is 0. The second-order valence-electron chi connectivity index (χ2n) is 2.53. The normalized spacial score (nSPS) is 14.2. The van der Waals surface area contributed by atoms with E-state index in [0.717, 1.165) is 9.80 Å². The van der Waals surface area contributed by atoms with Gasteiger partial charge < -0.3 is 0 Å². The van der Waals surface area contributed by atoms with Crippen molar-refractivity contribution in [2.24, 2.45) is 0 Å². The quantitative estimate of drug-likeness (QED) is 0.766. The van der Waals surface area contributed by atoms with Gasteiger partial charge in [0.15, 0.2) is 0 Å². The summed E-state index contributed by atoms with van der Waals surface area (Å²) in [7, 11) is -0.880. The first-order chi connectivity index (χ1) is 6.24. The van der Waals surface area contributed by atoms with Gasteiger partial charge in [0.05, 0.1) is 15.0 Å². The predicted molar refractivity (Wildman–Crippen MR) is 62.0 cm³/mol. The smallest absolute Gasteiger partial charge is 0.0716 e. The highest BCUT2D eigenvalue weighted by Crippen LogP contribution is 2.18. The Hall–Kier alpha value is -0.540. The van der Waals surface area contributed by atoms with Crippen LogP contribution in [-0.4, -0.2) is 16.7 Å². The molecule has 3 heteroatoms. The average Bonchev–Trinajstić information content (AvgIpc) is 2.15. The van der Waals surface area contributed by atoms with Crippen LogP contribution < -0.4 is 0 Å². The zero-order chi connectivity index (χ0) is 9.68. The van der Waals surface area contributed by atoms with E-state index in [9.17, 15) is 4.21 Å². The molecule has 0 amide bonds. The molecule has 1 unspecified atom stereocenters. The van der Waals surface area contributed by atoms with E-state index in [-0.39, 0.29) is 0 Å². The van der Waals surface area contributed by atoms with Crippen molar-refractivity contribution in [2.75, 3.05) is 12.5 Å². The molecular formula is C10H12OS2. The van der Waals surface area contributed by atoms with Crippen LogP contribution in [-0.2, 0) is 10.8 Å². The van der Waals surface area contributed by atoms with Crippen LogP contribution in [0.5, 0.6) is 0 Å². The second-order valence-corrected chi connectivity index (χ2v) is 4.99. The molecule has 0 aliphatic carbocycles. The Balaban J connectivity index is 2.92. The van der Waals surface area contributed by atoms with Crippen LogP contribution in [0.2, 0.25) is 0 Å². The molecule has 0 aromatic heterocycles. The van der Waals surface area contributed by atoms with Crippen LogP contribution in [0.15, 0.2) is 34.6 Å². The molecule has 70 valence electrons. The van der Waals surface area contributed by atoms with E-state index in [1.165, 1.54) is 11.8 Å². The number of benzene rings is 1. The Morgan fingerprint density at radius 1 is 1.38 bits per heavy atom. The van der Waals surface area contributed by atoms with Crippen LogP contribution in [0.25, 0.3) is 6.08 Å². The highest BCUT2D eigenvalue weighted by molar-refractivity contribution is 8.16. The first-order valence-electron chi connectivity index (χ1n) is 3.88. The fourth-order valence-electron chi connectivity index (χ4n) is 0.945. The summed E-state index contributed by atoms with van der Waals surface area (Å²) in [5.74, 6) is 0. The number of thioether (sulfide) groups is 1. The fraction of sp³-hybridized carbons (Fsp3) is 0.200. The van der Waals surface area contributed by atoms with Crippen LogP contribution in [0.4, 0.5) is 0 Å². The molecule has 1 aromatic carbocycles. The molecule has 0 saturated heterocycles. The molecule has 13 heavy (non-hydrogen) atoms. The van der Waals surface area contributed by atoms with Crippen molar-refractivity contribution in [1.82, 2.24) is 0 Å². The van der Waals surface area contributed by atoms with Crippen LogP contribution in [0.3, 0.4) is 0 Å². The standard InChI is InChI=1S/C10H12OS2/c1-12-10(13(2)11)8-9-6-4-3-5-7-9/h3-8H,1-2H3/b10-8-. The van der Waals surface area contributed by atoms with Gasteiger partial charge in [-0.05, 0) is 17.9 Å². The topological polar surface area (TPSA) is 17.1 Å². The predicted octanol–water partition coefficient (Wildman–Crippen LogP) is 2.73. The van der Waals surface area contributed by atoms with Crippen molar-refractivity contribution >= 4 is 28.6 Å². The molecule has 1 aromatic rings. The van der Waals surface area contributed by atoms with E-state index in [4.69, 9.17) is 0 Å². The van der Waals surface area contributed by atoms with Gasteiger partial charge >= 0.3 is 0 Å². The molecule has 1 rings (SSSR count). The second kappa shape index (κ2) is 5.25. The molecule has 1 atom stereocenters. The molecule has 0 bridgehead atoms. The van der Waals surface area contributed by atoms with Gasteiger partial charge in [-0.1, -0.05) is 30.3 Å². The molecule has 1 nitrogen and oxygen atoms in total. The Bertz CT molecular complexity index is 317. The average molecular weight is 212 g/mol. The summed E-state index contributed by atoms with van der Waals surface area (Å²) in [6, 6.07) is 9.93. The SMILES string of the molecule is CS/C(=C/c1ccccc1)S(C)=O. The van der Waals surface area contributed by atoms with Crippen molar-refractivity contribution < 1.29 is 4.21 Å². The monoisotopic (exact) mass is 212 g/mol. The van der Waals surface area contributed by atoms with Crippen molar-refractivity contribution in [3.05, 3.63) is 40.1 Å². The van der Waals surface area contributed by atoms with Gasteiger partial charge in [0.25, 0.3) is 0 Å². The van der Waals surface area contributed by atoms with Gasteiger partial charge in [-0.3, -0.25) is 4.21 Å². The minimum Gasteiger partial charge on any atom is -0.254 e. The number of hydrogen-bond donors (Lipinski definition) is 0. The summed E-state index contributed by atoms with van der Waals surface area (Å²) in [5, 5.41) is 0. The van der Waals surface area contributed by atoms with Crippen molar-refractivity contribution in [3.8, 4) is 0 Å². The first kappa shape index (κ1) is 10.5. The number of rotatable bonds is 3. The van der Waals surface area contributed by atoms with Crippen molar-refractivity contribution in [1.29, 1.82) is 0 Å². The Morgan fingerprint density at radius 3 is 2.46 bits per heavy atom. The molecule has 0 N–H and O–H groups in total. The van der Waals surface area contributed by atoms with Gasteiger partial charge in [0, 0.05) is 6.26 Å². The largest absolute Gasteiger partial charge is 0.254 e. The van der Waals surface area contributed by atoms with Gasteiger partial charge in [-0.2, -0.15) is 0 Å². The molecule has 0 aliphatic heterocycles. The van der Waals surface area contributed by atoms with Crippen LogP contribution in [0, 0.1) is 0 Å². The summed E-state index contributed by atoms with van der Waals surface area (Å²) < 4.78 is 12.1. The zero-order valence-electron chi connectivity index (χ0n) is 7.69. The summed E-state index contributed by atoms with van der Waals surface area (Å²) >= 11 is 1.53. The van der Waals surface area contributed by atoms with Crippen LogP contribution >= 0.6 is 11.8 Å². The van der Waals surface area contributed by atoms with Gasteiger partial charge in [0.1, 0.15) is 0 Å². The maximum Gasteiger partial charge on any atom is 0.0716 e. The van der Waals surface area contributed by atoms with Crippen LogP contribution in [0.1, 0.15) is 5.56 Å². The summed E-state index contributed by atoms with van der Waals surface area (Å²) in [5.41, 5.74) is 1.10. The van der Waals surface area contributed by atoms with E-state index < -0.39 is 10.8 Å². The number of hydrogen-bond acceptors (Lipinski definition) is 2. The molecular weight excluding hydrogens is 200 g/mol. The molecule has 0 radical (unpaired) electrons. The third kappa shape index (κ3) is 3.36. The molecule has 0 aliphatic rings. The maximum absolute atomic E-state index is 11.2. The maximum atomic E-state index is 11.2. The molecule has 0 heterocycles. The van der Waals surface area contributed by atoms with E-state index in [1.807, 2.05) is 42.7 Å². The molecule has 0 fully saturated rings. The summed E-state index contributed by atoms with van der Waals surface area (Å²) in [6.07, 6.45) is 5.60. The lowest BCUT2D eigenvalue weighted by Crippen LogP contribution is -1.86. The lowest BCUT2D eigenvalue weighted by atomic mass is 10.2. The lowest BCUT2D eigenvalue weighted by molar-refractivity contribution is 0.691. The third-order valence-electron chi connectivity index (χ3n) is 1.57. The van der Waals surface area contributed by atoms with Gasteiger partial charge in [-0.25, -0.2) is 0 Å². The highest BCUT2D eigenvalue weighted by atomic mass is 32.2. The third-order valence-corrected chi connectivity index (χ3v) is 3.98. The van der Waals surface area contributed by atoms with Gasteiger partial charge in [-0.15, -0.1) is 11.8 Å². The molecule has 0 spiro atoms. The minimum absolute atomic E-state index is 0.880. The lowest BCUT2D eigenvalue weighted by Gasteiger charge is -1.98. The highest BCUT2D eigenvalue weighted by Gasteiger charge is 1.99. The fourth-order valence-corrected chi connectivity index (χ4v) is 2.44. The van der Waals surface area contributed by atoms with E-state index >= 15 is 0 Å². The Labute approximate surface area is 85.7 Å². The van der Waals surface area contributed by atoms with Gasteiger partial charge in [0.2, 0.25) is 0 Å². The Kier molecular flexibility index (Phi) is 4.25. The summed E-state index contributed by atoms with van der Waals surface area (Å²) in [4.78, 5) is 0. The van der Waals surface area contributed by atoms with Crippen molar-refractivity contribution in [2.45, 2.75) is 0 Å².